The minimum atomic E-state index is -0.113. The fourth-order valence-corrected chi connectivity index (χ4v) is 2.95. The van der Waals surface area contributed by atoms with E-state index in [9.17, 15) is 9.90 Å². The van der Waals surface area contributed by atoms with Gasteiger partial charge in [0.25, 0.3) is 0 Å². The Bertz CT molecular complexity index is 521. The number of aromatic hydroxyl groups is 1. The summed E-state index contributed by atoms with van der Waals surface area (Å²) in [6, 6.07) is 3.59. The number of rotatable bonds is 6. The summed E-state index contributed by atoms with van der Waals surface area (Å²) in [5.74, 6) is 0.598. The Labute approximate surface area is 136 Å². The van der Waals surface area contributed by atoms with Gasteiger partial charge in [-0.15, -0.1) is 0 Å². The zero-order valence-electron chi connectivity index (χ0n) is 14.0. The van der Waals surface area contributed by atoms with E-state index in [-0.39, 0.29) is 17.6 Å². The van der Waals surface area contributed by atoms with Crippen molar-refractivity contribution < 1.29 is 24.1 Å². The molecule has 0 radical (unpaired) electrons. The van der Waals surface area contributed by atoms with Crippen LogP contribution in [-0.2, 0) is 16.1 Å². The Morgan fingerprint density at radius 3 is 2.52 bits per heavy atom. The summed E-state index contributed by atoms with van der Waals surface area (Å²) in [7, 11) is 3.02. The number of carbonyl (C=O) groups is 1. The molecule has 23 heavy (non-hydrogen) atoms. The molecule has 2 rings (SSSR count). The molecule has 1 N–H and O–H groups in total. The second-order valence-corrected chi connectivity index (χ2v) is 5.68. The van der Waals surface area contributed by atoms with Crippen LogP contribution in [0.2, 0.25) is 0 Å². The maximum Gasteiger partial charge on any atom is 0.310 e. The highest BCUT2D eigenvalue weighted by Crippen LogP contribution is 2.37. The average molecular weight is 323 g/mol. The molecule has 0 aliphatic carbocycles. The molecule has 1 atom stereocenters. The molecule has 0 amide bonds. The predicted octanol–water partition coefficient (Wildman–Crippen LogP) is 2.18. The van der Waals surface area contributed by atoms with Gasteiger partial charge in [-0.3, -0.25) is 9.69 Å². The number of ether oxygens (including phenoxy) is 3. The van der Waals surface area contributed by atoms with Gasteiger partial charge in [-0.2, -0.15) is 0 Å². The lowest BCUT2D eigenvalue weighted by atomic mass is 9.97. The molecule has 0 bridgehead atoms. The van der Waals surface area contributed by atoms with Crippen molar-refractivity contribution in [2.24, 2.45) is 5.92 Å². The first-order chi connectivity index (χ1) is 11.1. The third kappa shape index (κ3) is 4.28. The summed E-state index contributed by atoms with van der Waals surface area (Å²) in [6.45, 7) is 4.53. The summed E-state index contributed by atoms with van der Waals surface area (Å²) >= 11 is 0. The van der Waals surface area contributed by atoms with E-state index in [1.165, 1.54) is 14.2 Å². The maximum atomic E-state index is 11.9. The summed E-state index contributed by atoms with van der Waals surface area (Å²) < 4.78 is 15.5. The third-order valence-corrected chi connectivity index (χ3v) is 4.07. The van der Waals surface area contributed by atoms with Crippen molar-refractivity contribution in [3.05, 3.63) is 17.7 Å². The Morgan fingerprint density at radius 2 is 1.96 bits per heavy atom. The number of piperidine rings is 1. The molecule has 0 aromatic heterocycles. The standard InChI is InChI=1S/C17H25NO5/c1-4-23-17(20)13-6-5-7-18(11-13)10-12-8-14(21-2)16(19)15(9-12)22-3/h8-9,13,19H,4-7,10-11H2,1-3H3/t13-/m0/s1. The number of phenolic OH excluding ortho intramolecular Hbond substituents is 1. The number of methoxy groups -OCH3 is 2. The Morgan fingerprint density at radius 1 is 1.30 bits per heavy atom. The van der Waals surface area contributed by atoms with Gasteiger partial charge < -0.3 is 19.3 Å². The van der Waals surface area contributed by atoms with E-state index in [4.69, 9.17) is 14.2 Å². The van der Waals surface area contributed by atoms with Crippen molar-refractivity contribution in [1.29, 1.82) is 0 Å². The Kier molecular flexibility index (Phi) is 6.10. The lowest BCUT2D eigenvalue weighted by Crippen LogP contribution is -2.38. The number of likely N-dealkylation sites (tertiary alicyclic amines) is 1. The highest BCUT2D eigenvalue weighted by molar-refractivity contribution is 5.72. The molecule has 1 aromatic carbocycles. The van der Waals surface area contributed by atoms with Gasteiger partial charge in [0.1, 0.15) is 0 Å². The summed E-state index contributed by atoms with van der Waals surface area (Å²) in [5.41, 5.74) is 0.973. The van der Waals surface area contributed by atoms with Crippen LogP contribution in [0.25, 0.3) is 0 Å². The van der Waals surface area contributed by atoms with Crippen molar-refractivity contribution in [3.8, 4) is 17.2 Å². The molecule has 0 saturated carbocycles. The van der Waals surface area contributed by atoms with Crippen molar-refractivity contribution in [2.75, 3.05) is 33.9 Å². The minimum Gasteiger partial charge on any atom is -0.502 e. The van der Waals surface area contributed by atoms with E-state index in [2.05, 4.69) is 4.90 Å². The van der Waals surface area contributed by atoms with E-state index >= 15 is 0 Å². The van der Waals surface area contributed by atoms with Crippen LogP contribution in [-0.4, -0.2) is 49.9 Å². The lowest BCUT2D eigenvalue weighted by molar-refractivity contribution is -0.150. The van der Waals surface area contributed by atoms with Crippen LogP contribution in [0.3, 0.4) is 0 Å². The fourth-order valence-electron chi connectivity index (χ4n) is 2.95. The van der Waals surface area contributed by atoms with Crippen molar-refractivity contribution in [2.45, 2.75) is 26.3 Å². The molecular formula is C17H25NO5. The highest BCUT2D eigenvalue weighted by Gasteiger charge is 2.27. The second kappa shape index (κ2) is 8.06. The molecule has 1 aliphatic rings. The number of hydrogen-bond donors (Lipinski definition) is 1. The van der Waals surface area contributed by atoms with E-state index in [1.54, 1.807) is 12.1 Å². The molecular weight excluding hydrogens is 298 g/mol. The van der Waals surface area contributed by atoms with Crippen LogP contribution in [0.15, 0.2) is 12.1 Å². The van der Waals surface area contributed by atoms with Gasteiger partial charge in [-0.25, -0.2) is 0 Å². The lowest BCUT2D eigenvalue weighted by Gasteiger charge is -2.31. The molecule has 0 unspecified atom stereocenters. The summed E-state index contributed by atoms with van der Waals surface area (Å²) in [5, 5.41) is 9.97. The normalized spacial score (nSPS) is 18.5. The number of phenols is 1. The van der Waals surface area contributed by atoms with Crippen LogP contribution < -0.4 is 9.47 Å². The molecule has 0 spiro atoms. The number of hydrogen-bond acceptors (Lipinski definition) is 6. The van der Waals surface area contributed by atoms with E-state index in [1.807, 2.05) is 6.92 Å². The quantitative estimate of drug-likeness (QED) is 0.809. The van der Waals surface area contributed by atoms with Gasteiger partial charge in [0.15, 0.2) is 11.5 Å². The Hall–Kier alpha value is -1.95. The van der Waals surface area contributed by atoms with Gasteiger partial charge in [0.05, 0.1) is 26.7 Å². The molecule has 1 aliphatic heterocycles. The first-order valence-corrected chi connectivity index (χ1v) is 7.91. The van der Waals surface area contributed by atoms with Crippen molar-refractivity contribution >= 4 is 5.97 Å². The van der Waals surface area contributed by atoms with Crippen molar-refractivity contribution in [3.63, 3.8) is 0 Å². The van der Waals surface area contributed by atoms with Gasteiger partial charge in [-0.1, -0.05) is 0 Å². The Balaban J connectivity index is 2.08. The van der Waals surface area contributed by atoms with E-state index in [0.717, 1.165) is 24.9 Å². The van der Waals surface area contributed by atoms with Gasteiger partial charge in [0, 0.05) is 13.1 Å². The largest absolute Gasteiger partial charge is 0.502 e. The number of esters is 1. The third-order valence-electron chi connectivity index (χ3n) is 4.07. The van der Waals surface area contributed by atoms with E-state index < -0.39 is 0 Å². The zero-order chi connectivity index (χ0) is 16.8. The molecule has 128 valence electrons. The van der Waals surface area contributed by atoms with Crippen LogP contribution in [0.5, 0.6) is 17.2 Å². The van der Waals surface area contributed by atoms with Crippen molar-refractivity contribution in [1.82, 2.24) is 4.90 Å². The van der Waals surface area contributed by atoms with Crippen LogP contribution in [0.1, 0.15) is 25.3 Å². The zero-order valence-corrected chi connectivity index (χ0v) is 14.0. The molecule has 1 heterocycles. The van der Waals surface area contributed by atoms with Crippen LogP contribution in [0, 0.1) is 5.92 Å². The monoisotopic (exact) mass is 323 g/mol. The molecule has 6 heteroatoms. The van der Waals surface area contributed by atoms with Crippen LogP contribution >= 0.6 is 0 Å². The first kappa shape index (κ1) is 17.4. The highest BCUT2D eigenvalue weighted by atomic mass is 16.5. The molecule has 1 fully saturated rings. The van der Waals surface area contributed by atoms with E-state index in [0.29, 0.717) is 31.2 Å². The van der Waals surface area contributed by atoms with Crippen LogP contribution in [0.4, 0.5) is 0 Å². The maximum absolute atomic E-state index is 11.9. The number of nitrogens with zero attached hydrogens (tertiary/aromatic N) is 1. The SMILES string of the molecule is CCOC(=O)[C@H]1CCCN(Cc2cc(OC)c(O)c(OC)c2)C1. The fraction of sp³-hybridized carbons (Fsp3) is 0.588. The van der Waals surface area contributed by atoms with Gasteiger partial charge >= 0.3 is 5.97 Å². The summed E-state index contributed by atoms with van der Waals surface area (Å²) in [6.07, 6.45) is 1.84. The summed E-state index contributed by atoms with van der Waals surface area (Å²) in [4.78, 5) is 14.1. The second-order valence-electron chi connectivity index (χ2n) is 5.68. The van der Waals surface area contributed by atoms with Gasteiger partial charge in [-0.05, 0) is 44.0 Å². The first-order valence-electron chi connectivity index (χ1n) is 7.91. The number of carbonyl (C=O) groups excluding carboxylic acids is 1. The average Bonchev–Trinajstić information content (AvgIpc) is 2.56. The number of benzene rings is 1. The topological polar surface area (TPSA) is 68.2 Å². The minimum absolute atomic E-state index is 0.00166. The van der Waals surface area contributed by atoms with Gasteiger partial charge in [0.2, 0.25) is 5.75 Å². The predicted molar refractivity (Wildman–Crippen MR) is 85.8 cm³/mol. The smallest absolute Gasteiger partial charge is 0.310 e. The molecule has 6 nitrogen and oxygen atoms in total. The molecule has 1 aromatic rings. The molecule has 1 saturated heterocycles.